The van der Waals surface area contributed by atoms with Gasteiger partial charge in [0, 0.05) is 12.8 Å². The van der Waals surface area contributed by atoms with Crippen molar-refractivity contribution in [1.29, 1.82) is 0 Å². The quantitative estimate of drug-likeness (QED) is 0.584. The zero-order valence-corrected chi connectivity index (χ0v) is 13.8. The summed E-state index contributed by atoms with van der Waals surface area (Å²) >= 11 is 0. The number of amides is 2. The molecule has 0 unspecified atom stereocenters. The Morgan fingerprint density at radius 2 is 1.45 bits per heavy atom. The minimum Gasteiger partial charge on any atom is -0.273 e. The van der Waals surface area contributed by atoms with Gasteiger partial charge in [-0.25, -0.2) is 0 Å². The average Bonchev–Trinajstić information content (AvgIpc) is 2.43. The maximum atomic E-state index is 12.2. The standard InChI is InChI=1S/C18H30N2O2/c1-2-3-4-5-16(21)19-20-17(22)12-18-9-13-6-14(10-18)8-15(7-13)11-18/h13-15H,2-12H2,1H3,(H,19,21)(H,20,22). The van der Waals surface area contributed by atoms with Crippen molar-refractivity contribution in [1.82, 2.24) is 10.9 Å². The molecule has 4 saturated carbocycles. The molecule has 2 amide bonds. The van der Waals surface area contributed by atoms with Crippen molar-refractivity contribution in [3.05, 3.63) is 0 Å². The Hall–Kier alpha value is -1.06. The number of carbonyl (C=O) groups excluding carboxylic acids is 2. The van der Waals surface area contributed by atoms with Crippen LogP contribution < -0.4 is 10.9 Å². The van der Waals surface area contributed by atoms with E-state index in [4.69, 9.17) is 0 Å². The lowest BCUT2D eigenvalue weighted by atomic mass is 9.49. The van der Waals surface area contributed by atoms with E-state index >= 15 is 0 Å². The van der Waals surface area contributed by atoms with Gasteiger partial charge in [-0.2, -0.15) is 0 Å². The first-order chi connectivity index (χ1) is 10.6. The maximum Gasteiger partial charge on any atom is 0.238 e. The Kier molecular flexibility index (Phi) is 4.74. The van der Waals surface area contributed by atoms with Gasteiger partial charge in [0.15, 0.2) is 0 Å². The topological polar surface area (TPSA) is 58.2 Å². The fourth-order valence-corrected chi connectivity index (χ4v) is 5.63. The molecule has 2 N–H and O–H groups in total. The van der Waals surface area contributed by atoms with Gasteiger partial charge in [-0.15, -0.1) is 0 Å². The van der Waals surface area contributed by atoms with Crippen molar-refractivity contribution in [3.63, 3.8) is 0 Å². The fraction of sp³-hybridized carbons (Fsp3) is 0.889. The molecular formula is C18H30N2O2. The second-order valence-electron chi connectivity index (χ2n) is 8.15. The van der Waals surface area contributed by atoms with Crippen LogP contribution in [-0.2, 0) is 9.59 Å². The Balaban J connectivity index is 1.43. The summed E-state index contributed by atoms with van der Waals surface area (Å²) < 4.78 is 0. The van der Waals surface area contributed by atoms with Gasteiger partial charge in [-0.3, -0.25) is 20.4 Å². The van der Waals surface area contributed by atoms with E-state index in [9.17, 15) is 9.59 Å². The summed E-state index contributed by atoms with van der Waals surface area (Å²) in [5.74, 6) is 2.53. The molecule has 4 bridgehead atoms. The molecule has 0 spiro atoms. The van der Waals surface area contributed by atoms with Gasteiger partial charge in [-0.05, 0) is 68.1 Å². The number of hydrogen-bond acceptors (Lipinski definition) is 2. The Morgan fingerprint density at radius 1 is 0.909 bits per heavy atom. The lowest BCUT2D eigenvalue weighted by molar-refractivity contribution is -0.134. The van der Waals surface area contributed by atoms with Crippen LogP contribution in [0.3, 0.4) is 0 Å². The number of unbranched alkanes of at least 4 members (excludes halogenated alkanes) is 2. The summed E-state index contributed by atoms with van der Waals surface area (Å²) in [5, 5.41) is 0. The van der Waals surface area contributed by atoms with E-state index in [1.165, 1.54) is 38.5 Å². The van der Waals surface area contributed by atoms with Gasteiger partial charge in [0.1, 0.15) is 0 Å². The van der Waals surface area contributed by atoms with Crippen LogP contribution in [0.4, 0.5) is 0 Å². The van der Waals surface area contributed by atoms with Crippen LogP contribution >= 0.6 is 0 Å². The summed E-state index contributed by atoms with van der Waals surface area (Å²) in [5.41, 5.74) is 5.47. The molecule has 0 heterocycles. The molecular weight excluding hydrogens is 276 g/mol. The smallest absolute Gasteiger partial charge is 0.238 e. The zero-order chi connectivity index (χ0) is 15.6. The third-order valence-electron chi connectivity index (χ3n) is 6.05. The van der Waals surface area contributed by atoms with Crippen LogP contribution in [0.1, 0.15) is 77.6 Å². The highest BCUT2D eigenvalue weighted by atomic mass is 16.2. The second kappa shape index (κ2) is 6.59. The summed E-state index contributed by atoms with van der Waals surface area (Å²) in [7, 11) is 0. The van der Waals surface area contributed by atoms with Crippen LogP contribution in [-0.4, -0.2) is 11.8 Å². The Bertz CT molecular complexity index is 398. The minimum absolute atomic E-state index is 0.00536. The molecule has 4 aliphatic carbocycles. The van der Waals surface area contributed by atoms with Gasteiger partial charge < -0.3 is 0 Å². The second-order valence-corrected chi connectivity index (χ2v) is 8.15. The Labute approximate surface area is 133 Å². The lowest BCUT2D eigenvalue weighted by Gasteiger charge is -2.56. The summed E-state index contributed by atoms with van der Waals surface area (Å²) in [6, 6.07) is 0. The molecule has 0 aliphatic heterocycles. The maximum absolute atomic E-state index is 12.2. The molecule has 4 aliphatic rings. The monoisotopic (exact) mass is 306 g/mol. The molecule has 0 saturated heterocycles. The van der Waals surface area contributed by atoms with Crippen molar-refractivity contribution < 1.29 is 9.59 Å². The van der Waals surface area contributed by atoms with E-state index in [1.807, 2.05) is 0 Å². The molecule has 0 aromatic heterocycles. The normalized spacial score (nSPS) is 35.4. The van der Waals surface area contributed by atoms with Crippen molar-refractivity contribution in [2.75, 3.05) is 0 Å². The van der Waals surface area contributed by atoms with Crippen molar-refractivity contribution in [2.45, 2.75) is 77.6 Å². The van der Waals surface area contributed by atoms with Crippen LogP contribution in [0, 0.1) is 23.2 Å². The first-order valence-electron chi connectivity index (χ1n) is 9.16. The van der Waals surface area contributed by atoms with Gasteiger partial charge in [-0.1, -0.05) is 19.8 Å². The molecule has 4 rings (SSSR count). The van der Waals surface area contributed by atoms with Crippen molar-refractivity contribution >= 4 is 11.8 Å². The molecule has 4 nitrogen and oxygen atoms in total. The predicted octanol–water partition coefficient (Wildman–Crippen LogP) is 3.32. The molecule has 4 heteroatoms. The van der Waals surface area contributed by atoms with Gasteiger partial charge in [0.05, 0.1) is 0 Å². The van der Waals surface area contributed by atoms with E-state index in [1.54, 1.807) is 0 Å². The highest BCUT2D eigenvalue weighted by molar-refractivity contribution is 5.82. The highest BCUT2D eigenvalue weighted by Crippen LogP contribution is 2.61. The minimum atomic E-state index is -0.0627. The van der Waals surface area contributed by atoms with Gasteiger partial charge >= 0.3 is 0 Å². The summed E-state index contributed by atoms with van der Waals surface area (Å²) in [6.07, 6.45) is 12.1. The molecule has 4 fully saturated rings. The molecule has 0 radical (unpaired) electrons. The van der Waals surface area contributed by atoms with Crippen LogP contribution in [0.15, 0.2) is 0 Å². The number of carbonyl (C=O) groups is 2. The molecule has 22 heavy (non-hydrogen) atoms. The third kappa shape index (κ3) is 3.64. The fourth-order valence-electron chi connectivity index (χ4n) is 5.63. The van der Waals surface area contributed by atoms with Gasteiger partial charge in [0.2, 0.25) is 11.8 Å². The number of nitrogens with one attached hydrogen (secondary N) is 2. The van der Waals surface area contributed by atoms with Crippen LogP contribution in [0.5, 0.6) is 0 Å². The first-order valence-corrected chi connectivity index (χ1v) is 9.16. The van der Waals surface area contributed by atoms with Crippen molar-refractivity contribution in [3.8, 4) is 0 Å². The van der Waals surface area contributed by atoms with Crippen LogP contribution in [0.2, 0.25) is 0 Å². The first kappa shape index (κ1) is 15.8. The largest absolute Gasteiger partial charge is 0.273 e. The molecule has 0 aromatic carbocycles. The van der Waals surface area contributed by atoms with E-state index in [-0.39, 0.29) is 17.2 Å². The molecule has 0 atom stereocenters. The lowest BCUT2D eigenvalue weighted by Crippen LogP contribution is -2.50. The van der Waals surface area contributed by atoms with E-state index < -0.39 is 0 Å². The Morgan fingerprint density at radius 3 is 2.00 bits per heavy atom. The van der Waals surface area contributed by atoms with Gasteiger partial charge in [0.25, 0.3) is 0 Å². The highest BCUT2D eigenvalue weighted by Gasteiger charge is 2.51. The van der Waals surface area contributed by atoms with E-state index in [2.05, 4.69) is 17.8 Å². The number of hydrazine groups is 1. The number of rotatable bonds is 6. The van der Waals surface area contributed by atoms with E-state index in [0.29, 0.717) is 12.8 Å². The predicted molar refractivity (Wildman–Crippen MR) is 85.6 cm³/mol. The molecule has 124 valence electrons. The third-order valence-corrected chi connectivity index (χ3v) is 6.05. The SMILES string of the molecule is CCCCCC(=O)NNC(=O)CC12CC3CC(CC(C3)C1)C2. The van der Waals surface area contributed by atoms with Crippen molar-refractivity contribution in [2.24, 2.45) is 23.2 Å². The number of hydrogen-bond donors (Lipinski definition) is 2. The van der Waals surface area contributed by atoms with Crippen LogP contribution in [0.25, 0.3) is 0 Å². The zero-order valence-electron chi connectivity index (χ0n) is 13.8. The summed E-state index contributed by atoms with van der Waals surface area (Å²) in [4.78, 5) is 23.9. The molecule has 0 aromatic rings. The average molecular weight is 306 g/mol. The summed E-state index contributed by atoms with van der Waals surface area (Å²) in [6.45, 7) is 2.12. The van der Waals surface area contributed by atoms with E-state index in [0.717, 1.165) is 37.0 Å².